The Morgan fingerprint density at radius 2 is 1.95 bits per heavy atom. The summed E-state index contributed by atoms with van der Waals surface area (Å²) < 4.78 is 0. The highest BCUT2D eigenvalue weighted by Gasteiger charge is 2.28. The molecule has 2 heterocycles. The summed E-state index contributed by atoms with van der Waals surface area (Å²) >= 11 is 0. The van der Waals surface area contributed by atoms with E-state index in [9.17, 15) is 9.59 Å². The van der Waals surface area contributed by atoms with Crippen LogP contribution in [-0.4, -0.2) is 85.9 Å². The highest BCUT2D eigenvalue weighted by molar-refractivity contribution is 5.82. The summed E-state index contributed by atoms with van der Waals surface area (Å²) in [4.78, 5) is 29.8. The molecule has 0 saturated carbocycles. The van der Waals surface area contributed by atoms with Gasteiger partial charge in [-0.3, -0.25) is 14.5 Å². The van der Waals surface area contributed by atoms with Gasteiger partial charge in [-0.25, -0.2) is 0 Å². The number of carbonyl (C=O) groups excluding carboxylic acids is 2. The number of nitrogens with one attached hydrogen (secondary N) is 1. The van der Waals surface area contributed by atoms with E-state index in [1.54, 1.807) is 19.0 Å². The summed E-state index contributed by atoms with van der Waals surface area (Å²) in [5.74, 6) is 0.366. The predicted molar refractivity (Wildman–Crippen MR) is 77.4 cm³/mol. The van der Waals surface area contributed by atoms with Crippen molar-refractivity contribution in [2.24, 2.45) is 0 Å². The molecule has 6 heteroatoms. The van der Waals surface area contributed by atoms with Crippen molar-refractivity contribution in [3.8, 4) is 0 Å². The van der Waals surface area contributed by atoms with Crippen LogP contribution in [0.5, 0.6) is 0 Å². The Morgan fingerprint density at radius 3 is 2.60 bits per heavy atom. The monoisotopic (exact) mass is 282 g/mol. The molecule has 0 aromatic heterocycles. The van der Waals surface area contributed by atoms with E-state index in [2.05, 4.69) is 10.2 Å². The molecule has 2 fully saturated rings. The van der Waals surface area contributed by atoms with Crippen molar-refractivity contribution in [1.29, 1.82) is 0 Å². The van der Waals surface area contributed by atoms with E-state index in [1.807, 2.05) is 4.90 Å². The van der Waals surface area contributed by atoms with Crippen LogP contribution >= 0.6 is 0 Å². The lowest BCUT2D eigenvalue weighted by Gasteiger charge is -2.24. The molecule has 2 aliphatic rings. The minimum Gasteiger partial charge on any atom is -0.348 e. The lowest BCUT2D eigenvalue weighted by Crippen LogP contribution is -2.45. The molecular weight excluding hydrogens is 256 g/mol. The molecule has 1 N–H and O–H groups in total. The van der Waals surface area contributed by atoms with Crippen molar-refractivity contribution in [2.45, 2.75) is 25.3 Å². The number of rotatable bonds is 3. The molecule has 0 aliphatic carbocycles. The van der Waals surface area contributed by atoms with Crippen LogP contribution in [0.2, 0.25) is 0 Å². The zero-order valence-electron chi connectivity index (χ0n) is 12.6. The van der Waals surface area contributed by atoms with Crippen LogP contribution in [0, 0.1) is 0 Å². The van der Waals surface area contributed by atoms with Gasteiger partial charge in [0.1, 0.15) is 0 Å². The maximum absolute atomic E-state index is 12.4. The van der Waals surface area contributed by atoms with E-state index in [4.69, 9.17) is 0 Å². The smallest absolute Gasteiger partial charge is 0.239 e. The van der Waals surface area contributed by atoms with Crippen LogP contribution in [0.25, 0.3) is 0 Å². The minimum atomic E-state index is 0.0185. The third-order valence-electron chi connectivity index (χ3n) is 4.12. The van der Waals surface area contributed by atoms with Gasteiger partial charge in [-0.15, -0.1) is 0 Å². The van der Waals surface area contributed by atoms with Crippen LogP contribution < -0.4 is 5.32 Å². The first-order chi connectivity index (χ1) is 9.58. The molecule has 2 saturated heterocycles. The maximum Gasteiger partial charge on any atom is 0.239 e. The first kappa shape index (κ1) is 15.3. The van der Waals surface area contributed by atoms with Crippen LogP contribution in [0.1, 0.15) is 19.3 Å². The Labute approximate surface area is 121 Å². The van der Waals surface area contributed by atoms with Crippen LogP contribution in [0.3, 0.4) is 0 Å². The van der Waals surface area contributed by atoms with Gasteiger partial charge in [0.25, 0.3) is 0 Å². The molecule has 0 aromatic rings. The highest BCUT2D eigenvalue weighted by atomic mass is 16.2. The van der Waals surface area contributed by atoms with Crippen LogP contribution in [0.15, 0.2) is 0 Å². The van der Waals surface area contributed by atoms with Crippen molar-refractivity contribution < 1.29 is 9.59 Å². The van der Waals surface area contributed by atoms with Gasteiger partial charge >= 0.3 is 0 Å². The fourth-order valence-electron chi connectivity index (χ4n) is 2.80. The standard InChI is InChI=1S/C14H26N4O2/c1-16(2)13(19)11-17-7-4-8-18(10-9-17)14(20)12-5-3-6-15-12/h12,15H,3-11H2,1-2H3/t12-/m1/s1. The Hall–Kier alpha value is -1.14. The van der Waals surface area contributed by atoms with E-state index in [1.165, 1.54) is 0 Å². The minimum absolute atomic E-state index is 0.0185. The second-order valence-corrected chi connectivity index (χ2v) is 5.89. The van der Waals surface area contributed by atoms with Gasteiger partial charge in [-0.05, 0) is 25.8 Å². The molecule has 0 aromatic carbocycles. The highest BCUT2D eigenvalue weighted by Crippen LogP contribution is 2.11. The SMILES string of the molecule is CN(C)C(=O)CN1CCCN(C(=O)[C@H]2CCCN2)CC1. The van der Waals surface area contributed by atoms with Crippen LogP contribution in [0.4, 0.5) is 0 Å². The summed E-state index contributed by atoms with van der Waals surface area (Å²) in [5, 5.41) is 3.27. The Balaban J connectivity index is 1.82. The molecule has 6 nitrogen and oxygen atoms in total. The van der Waals surface area contributed by atoms with Gasteiger partial charge < -0.3 is 15.1 Å². The topological polar surface area (TPSA) is 55.9 Å². The molecule has 2 amide bonds. The molecule has 0 radical (unpaired) electrons. The van der Waals surface area contributed by atoms with Crippen molar-refractivity contribution >= 4 is 11.8 Å². The summed E-state index contributed by atoms with van der Waals surface area (Å²) in [5.41, 5.74) is 0. The summed E-state index contributed by atoms with van der Waals surface area (Å²) in [6, 6.07) is 0.0185. The van der Waals surface area contributed by atoms with Crippen molar-refractivity contribution in [2.75, 3.05) is 53.4 Å². The number of likely N-dealkylation sites (N-methyl/N-ethyl adjacent to an activating group) is 1. The maximum atomic E-state index is 12.4. The van der Waals surface area contributed by atoms with Gasteiger partial charge in [0.05, 0.1) is 12.6 Å². The number of nitrogens with zero attached hydrogens (tertiary/aromatic N) is 3. The quantitative estimate of drug-likeness (QED) is 0.748. The van der Waals surface area contributed by atoms with E-state index in [0.29, 0.717) is 6.54 Å². The predicted octanol–water partition coefficient (Wildman–Crippen LogP) is -0.639. The first-order valence-electron chi connectivity index (χ1n) is 7.52. The van der Waals surface area contributed by atoms with Crippen LogP contribution in [-0.2, 0) is 9.59 Å². The Bertz CT molecular complexity index is 353. The van der Waals surface area contributed by atoms with Gasteiger partial charge in [-0.2, -0.15) is 0 Å². The number of carbonyl (C=O) groups is 2. The molecule has 114 valence electrons. The molecule has 0 unspecified atom stereocenters. The summed E-state index contributed by atoms with van der Waals surface area (Å²) in [7, 11) is 3.56. The first-order valence-corrected chi connectivity index (χ1v) is 7.52. The summed E-state index contributed by atoms with van der Waals surface area (Å²) in [6.07, 6.45) is 2.99. The van der Waals surface area contributed by atoms with E-state index >= 15 is 0 Å². The third kappa shape index (κ3) is 3.93. The number of hydrogen-bond donors (Lipinski definition) is 1. The zero-order valence-corrected chi connectivity index (χ0v) is 12.6. The second kappa shape index (κ2) is 7.04. The normalized spacial score (nSPS) is 24.5. The average Bonchev–Trinajstić information content (AvgIpc) is 2.85. The lowest BCUT2D eigenvalue weighted by atomic mass is 10.2. The molecule has 2 rings (SSSR count). The molecular formula is C14H26N4O2. The van der Waals surface area contributed by atoms with Gasteiger partial charge in [-0.1, -0.05) is 0 Å². The van der Waals surface area contributed by atoms with Gasteiger partial charge in [0.15, 0.2) is 0 Å². The number of hydrogen-bond acceptors (Lipinski definition) is 4. The van der Waals surface area contributed by atoms with E-state index < -0.39 is 0 Å². The average molecular weight is 282 g/mol. The molecule has 0 bridgehead atoms. The fourth-order valence-corrected chi connectivity index (χ4v) is 2.80. The molecule has 2 aliphatic heterocycles. The van der Waals surface area contributed by atoms with Crippen molar-refractivity contribution in [3.63, 3.8) is 0 Å². The third-order valence-corrected chi connectivity index (χ3v) is 4.12. The number of amides is 2. The van der Waals surface area contributed by atoms with E-state index in [-0.39, 0.29) is 17.9 Å². The Kier molecular flexibility index (Phi) is 5.37. The molecule has 0 spiro atoms. The Morgan fingerprint density at radius 1 is 1.15 bits per heavy atom. The largest absolute Gasteiger partial charge is 0.348 e. The fraction of sp³-hybridized carbons (Fsp3) is 0.857. The van der Waals surface area contributed by atoms with Gasteiger partial charge in [0.2, 0.25) is 11.8 Å². The zero-order chi connectivity index (χ0) is 14.5. The summed E-state index contributed by atoms with van der Waals surface area (Å²) in [6.45, 7) is 4.63. The second-order valence-electron chi connectivity index (χ2n) is 5.89. The lowest BCUT2D eigenvalue weighted by molar-refractivity contribution is -0.132. The molecule has 1 atom stereocenters. The van der Waals surface area contributed by atoms with Crippen molar-refractivity contribution in [3.05, 3.63) is 0 Å². The van der Waals surface area contributed by atoms with Crippen molar-refractivity contribution in [1.82, 2.24) is 20.0 Å². The molecule has 20 heavy (non-hydrogen) atoms. The van der Waals surface area contributed by atoms with Gasteiger partial charge in [0, 0.05) is 40.3 Å². The van der Waals surface area contributed by atoms with E-state index in [0.717, 1.165) is 52.0 Å².